The lowest BCUT2D eigenvalue weighted by molar-refractivity contribution is -0.126. The molecule has 1 amide bonds. The van der Waals surface area contributed by atoms with Crippen LogP contribution in [-0.2, 0) is 11.2 Å². The number of piperidine rings is 1. The number of carbonyl (C=O) groups excluding carboxylic acids is 1. The third-order valence-corrected chi connectivity index (χ3v) is 4.69. The van der Waals surface area contributed by atoms with Crippen LogP contribution in [0.15, 0.2) is 30.3 Å². The molecule has 2 unspecified atom stereocenters. The second-order valence-electron chi connectivity index (χ2n) is 6.83. The van der Waals surface area contributed by atoms with Crippen LogP contribution in [0.1, 0.15) is 38.7 Å². The highest BCUT2D eigenvalue weighted by Gasteiger charge is 2.22. The molecule has 1 aromatic carbocycles. The second kappa shape index (κ2) is 8.94. The zero-order valence-corrected chi connectivity index (χ0v) is 14.0. The van der Waals surface area contributed by atoms with Crippen molar-refractivity contribution >= 4 is 5.91 Å². The molecule has 0 bridgehead atoms. The van der Waals surface area contributed by atoms with Gasteiger partial charge in [0.15, 0.2) is 0 Å². The zero-order valence-electron chi connectivity index (χ0n) is 14.0. The highest BCUT2D eigenvalue weighted by atomic mass is 16.1. The van der Waals surface area contributed by atoms with E-state index < -0.39 is 0 Å². The van der Waals surface area contributed by atoms with Gasteiger partial charge < -0.3 is 10.6 Å². The topological polar surface area (TPSA) is 41.1 Å². The standard InChI is InChI=1S/C19H30N2O/c1-15(2)18(13-16-7-4-3-5-8-16)19(22)21-12-10-17-9-6-11-20-14-17/h3-5,7-8,15,17-18,20H,6,9-14H2,1-2H3,(H,21,22). The Morgan fingerprint density at radius 3 is 2.73 bits per heavy atom. The molecule has 122 valence electrons. The first-order chi connectivity index (χ1) is 10.7. The summed E-state index contributed by atoms with van der Waals surface area (Å²) in [7, 11) is 0. The highest BCUT2D eigenvalue weighted by Crippen LogP contribution is 2.18. The summed E-state index contributed by atoms with van der Waals surface area (Å²) < 4.78 is 0. The van der Waals surface area contributed by atoms with E-state index in [1.165, 1.54) is 18.4 Å². The Labute approximate surface area is 134 Å². The van der Waals surface area contributed by atoms with E-state index in [2.05, 4.69) is 36.6 Å². The van der Waals surface area contributed by atoms with Gasteiger partial charge in [0.1, 0.15) is 0 Å². The average Bonchev–Trinajstić information content (AvgIpc) is 2.54. The maximum atomic E-state index is 12.5. The number of hydrogen-bond acceptors (Lipinski definition) is 2. The van der Waals surface area contributed by atoms with Gasteiger partial charge in [0.05, 0.1) is 0 Å². The van der Waals surface area contributed by atoms with Crippen LogP contribution in [0.25, 0.3) is 0 Å². The number of nitrogens with one attached hydrogen (secondary N) is 2. The van der Waals surface area contributed by atoms with Gasteiger partial charge >= 0.3 is 0 Å². The van der Waals surface area contributed by atoms with Gasteiger partial charge in [0.2, 0.25) is 5.91 Å². The monoisotopic (exact) mass is 302 g/mol. The molecule has 1 saturated heterocycles. The van der Waals surface area contributed by atoms with E-state index in [9.17, 15) is 4.79 Å². The minimum absolute atomic E-state index is 0.0619. The van der Waals surface area contributed by atoms with Crippen LogP contribution in [0.4, 0.5) is 0 Å². The Balaban J connectivity index is 1.79. The van der Waals surface area contributed by atoms with Crippen molar-refractivity contribution in [3.8, 4) is 0 Å². The highest BCUT2D eigenvalue weighted by molar-refractivity contribution is 5.79. The van der Waals surface area contributed by atoms with Crippen LogP contribution in [0.5, 0.6) is 0 Å². The van der Waals surface area contributed by atoms with Gasteiger partial charge in [0.25, 0.3) is 0 Å². The summed E-state index contributed by atoms with van der Waals surface area (Å²) in [6, 6.07) is 10.3. The Morgan fingerprint density at radius 1 is 1.32 bits per heavy atom. The van der Waals surface area contributed by atoms with Gasteiger partial charge in [0, 0.05) is 12.5 Å². The normalized spacial score (nSPS) is 19.9. The number of hydrogen-bond donors (Lipinski definition) is 2. The smallest absolute Gasteiger partial charge is 0.223 e. The summed E-state index contributed by atoms with van der Waals surface area (Å²) >= 11 is 0. The Bertz CT molecular complexity index is 438. The Hall–Kier alpha value is -1.35. The molecule has 1 aliphatic heterocycles. The van der Waals surface area contributed by atoms with Crippen LogP contribution >= 0.6 is 0 Å². The quantitative estimate of drug-likeness (QED) is 0.813. The molecule has 0 saturated carbocycles. The molecule has 1 heterocycles. The predicted molar refractivity (Wildman–Crippen MR) is 91.7 cm³/mol. The van der Waals surface area contributed by atoms with E-state index in [0.717, 1.165) is 38.4 Å². The van der Waals surface area contributed by atoms with Crippen LogP contribution in [0.3, 0.4) is 0 Å². The fraction of sp³-hybridized carbons (Fsp3) is 0.632. The van der Waals surface area contributed by atoms with Crippen molar-refractivity contribution in [2.24, 2.45) is 17.8 Å². The molecule has 3 heteroatoms. The lowest BCUT2D eigenvalue weighted by atomic mass is 9.88. The van der Waals surface area contributed by atoms with Crippen molar-refractivity contribution in [2.45, 2.75) is 39.5 Å². The van der Waals surface area contributed by atoms with E-state index in [-0.39, 0.29) is 11.8 Å². The molecule has 0 radical (unpaired) electrons. The van der Waals surface area contributed by atoms with Gasteiger partial charge in [-0.05, 0) is 56.2 Å². The van der Waals surface area contributed by atoms with Crippen LogP contribution in [0, 0.1) is 17.8 Å². The van der Waals surface area contributed by atoms with Gasteiger partial charge in [-0.15, -0.1) is 0 Å². The van der Waals surface area contributed by atoms with E-state index in [0.29, 0.717) is 5.92 Å². The molecular weight excluding hydrogens is 272 g/mol. The molecule has 2 rings (SSSR count). The van der Waals surface area contributed by atoms with Crippen molar-refractivity contribution in [2.75, 3.05) is 19.6 Å². The van der Waals surface area contributed by atoms with Crippen molar-refractivity contribution in [3.63, 3.8) is 0 Å². The van der Waals surface area contributed by atoms with E-state index in [1.807, 2.05) is 18.2 Å². The largest absolute Gasteiger partial charge is 0.356 e. The molecule has 1 aromatic rings. The van der Waals surface area contributed by atoms with Gasteiger partial charge in [-0.25, -0.2) is 0 Å². The zero-order chi connectivity index (χ0) is 15.8. The summed E-state index contributed by atoms with van der Waals surface area (Å²) in [5.41, 5.74) is 1.24. The summed E-state index contributed by atoms with van der Waals surface area (Å²) in [5.74, 6) is 1.35. The minimum Gasteiger partial charge on any atom is -0.356 e. The molecule has 3 nitrogen and oxygen atoms in total. The number of amides is 1. The van der Waals surface area contributed by atoms with Gasteiger partial charge in [-0.2, -0.15) is 0 Å². The molecular formula is C19H30N2O. The van der Waals surface area contributed by atoms with Crippen molar-refractivity contribution < 1.29 is 4.79 Å². The lowest BCUT2D eigenvalue weighted by Crippen LogP contribution is -2.37. The molecule has 2 N–H and O–H groups in total. The predicted octanol–water partition coefficient (Wildman–Crippen LogP) is 3.01. The Kier molecular flexibility index (Phi) is 6.91. The summed E-state index contributed by atoms with van der Waals surface area (Å²) in [6.07, 6.45) is 4.48. The molecule has 1 fully saturated rings. The van der Waals surface area contributed by atoms with Gasteiger partial charge in [-0.1, -0.05) is 44.2 Å². The molecule has 0 spiro atoms. The molecule has 2 atom stereocenters. The molecule has 22 heavy (non-hydrogen) atoms. The first kappa shape index (κ1) is 17.0. The molecule has 0 aliphatic carbocycles. The van der Waals surface area contributed by atoms with Crippen LogP contribution < -0.4 is 10.6 Å². The fourth-order valence-electron chi connectivity index (χ4n) is 3.20. The lowest BCUT2D eigenvalue weighted by Gasteiger charge is -2.24. The second-order valence-corrected chi connectivity index (χ2v) is 6.83. The molecule has 1 aliphatic rings. The summed E-state index contributed by atoms with van der Waals surface area (Å²) in [5, 5.41) is 6.60. The van der Waals surface area contributed by atoms with Crippen LogP contribution in [-0.4, -0.2) is 25.5 Å². The molecule has 0 aromatic heterocycles. The SMILES string of the molecule is CC(C)C(Cc1ccccc1)C(=O)NCCC1CCCNC1. The van der Waals surface area contributed by atoms with Crippen LogP contribution in [0.2, 0.25) is 0 Å². The van der Waals surface area contributed by atoms with Crippen molar-refractivity contribution in [1.82, 2.24) is 10.6 Å². The first-order valence-corrected chi connectivity index (χ1v) is 8.69. The van der Waals surface area contributed by atoms with Crippen molar-refractivity contribution in [3.05, 3.63) is 35.9 Å². The third kappa shape index (κ3) is 5.45. The summed E-state index contributed by atoms with van der Waals surface area (Å²) in [6.45, 7) is 7.34. The average molecular weight is 302 g/mol. The van der Waals surface area contributed by atoms with E-state index in [4.69, 9.17) is 0 Å². The van der Waals surface area contributed by atoms with E-state index in [1.54, 1.807) is 0 Å². The number of rotatable bonds is 7. The third-order valence-electron chi connectivity index (χ3n) is 4.69. The number of benzene rings is 1. The number of carbonyl (C=O) groups is 1. The first-order valence-electron chi connectivity index (χ1n) is 8.69. The van der Waals surface area contributed by atoms with Crippen molar-refractivity contribution in [1.29, 1.82) is 0 Å². The maximum Gasteiger partial charge on any atom is 0.223 e. The maximum absolute atomic E-state index is 12.5. The minimum atomic E-state index is 0.0619. The summed E-state index contributed by atoms with van der Waals surface area (Å²) in [4.78, 5) is 12.5. The van der Waals surface area contributed by atoms with E-state index >= 15 is 0 Å². The Morgan fingerprint density at radius 2 is 2.09 bits per heavy atom. The fourth-order valence-corrected chi connectivity index (χ4v) is 3.20. The van der Waals surface area contributed by atoms with Gasteiger partial charge in [-0.3, -0.25) is 4.79 Å².